The molecular formula is C24H28O2. The first kappa shape index (κ1) is 16.2. The van der Waals surface area contributed by atoms with Crippen molar-refractivity contribution in [1.82, 2.24) is 0 Å². The summed E-state index contributed by atoms with van der Waals surface area (Å²) in [7, 11) is 0. The van der Waals surface area contributed by atoms with Crippen LogP contribution in [-0.4, -0.2) is 10.2 Å². The molecule has 0 amide bonds. The van der Waals surface area contributed by atoms with Gasteiger partial charge in [0, 0.05) is 11.0 Å². The summed E-state index contributed by atoms with van der Waals surface area (Å²) in [5.41, 5.74) is 3.23. The molecule has 2 nitrogen and oxygen atoms in total. The van der Waals surface area contributed by atoms with Crippen LogP contribution in [0.15, 0.2) is 48.5 Å². The summed E-state index contributed by atoms with van der Waals surface area (Å²) in [5.74, 6) is 1.56. The monoisotopic (exact) mass is 348 g/mol. The first-order valence-electron chi connectivity index (χ1n) is 10.1. The van der Waals surface area contributed by atoms with Gasteiger partial charge in [0.15, 0.2) is 0 Å². The second-order valence-corrected chi connectivity index (χ2v) is 9.49. The van der Waals surface area contributed by atoms with Gasteiger partial charge in [0.25, 0.3) is 0 Å². The van der Waals surface area contributed by atoms with Crippen LogP contribution in [0.25, 0.3) is 0 Å². The smallest absolute Gasteiger partial charge is 0.119 e. The Labute approximate surface area is 155 Å². The maximum absolute atomic E-state index is 10.7. The number of aromatic hydroxyl groups is 2. The van der Waals surface area contributed by atoms with Crippen molar-refractivity contribution in [2.24, 2.45) is 11.3 Å². The summed E-state index contributed by atoms with van der Waals surface area (Å²) < 4.78 is 0. The molecule has 0 aliphatic heterocycles. The molecule has 4 aliphatic rings. The van der Waals surface area contributed by atoms with Crippen molar-refractivity contribution in [1.29, 1.82) is 0 Å². The number of benzene rings is 2. The van der Waals surface area contributed by atoms with E-state index in [4.69, 9.17) is 0 Å². The van der Waals surface area contributed by atoms with E-state index in [9.17, 15) is 10.2 Å². The molecule has 4 bridgehead atoms. The average Bonchev–Trinajstić information content (AvgIpc) is 2.61. The molecule has 4 atom stereocenters. The van der Waals surface area contributed by atoms with Crippen LogP contribution < -0.4 is 0 Å². The van der Waals surface area contributed by atoms with Gasteiger partial charge in [-0.2, -0.15) is 0 Å². The minimum absolute atomic E-state index is 0.0959. The van der Waals surface area contributed by atoms with E-state index in [2.05, 4.69) is 31.2 Å². The number of rotatable bonds is 3. The van der Waals surface area contributed by atoms with Gasteiger partial charge in [0.05, 0.1) is 0 Å². The molecule has 4 fully saturated rings. The van der Waals surface area contributed by atoms with E-state index in [1.807, 2.05) is 24.3 Å². The van der Waals surface area contributed by atoms with Gasteiger partial charge >= 0.3 is 0 Å². The van der Waals surface area contributed by atoms with Crippen LogP contribution in [-0.2, 0) is 10.8 Å². The Hall–Kier alpha value is -1.96. The first-order chi connectivity index (χ1) is 12.5. The van der Waals surface area contributed by atoms with E-state index in [1.165, 1.54) is 49.7 Å². The lowest BCUT2D eigenvalue weighted by atomic mass is 9.37. The Morgan fingerprint density at radius 2 is 1.54 bits per heavy atom. The van der Waals surface area contributed by atoms with E-state index in [0.29, 0.717) is 16.9 Å². The van der Waals surface area contributed by atoms with Gasteiger partial charge in [-0.05, 0) is 79.0 Å². The molecular weight excluding hydrogens is 320 g/mol. The van der Waals surface area contributed by atoms with Crippen molar-refractivity contribution >= 4 is 0 Å². The molecule has 6 rings (SSSR count). The zero-order chi connectivity index (χ0) is 18.0. The lowest BCUT2D eigenvalue weighted by Gasteiger charge is -2.67. The Kier molecular flexibility index (Phi) is 3.30. The van der Waals surface area contributed by atoms with Gasteiger partial charge in [0.2, 0.25) is 0 Å². The summed E-state index contributed by atoms with van der Waals surface area (Å²) in [4.78, 5) is 0. The average molecular weight is 348 g/mol. The van der Waals surface area contributed by atoms with E-state index in [-0.39, 0.29) is 10.8 Å². The summed E-state index contributed by atoms with van der Waals surface area (Å²) >= 11 is 0. The highest BCUT2D eigenvalue weighted by Gasteiger charge is 2.63. The van der Waals surface area contributed by atoms with Crippen LogP contribution in [0.2, 0.25) is 0 Å². The normalized spacial score (nSPS) is 37.8. The predicted octanol–water partition coefficient (Wildman–Crippen LogP) is 5.67. The second kappa shape index (κ2) is 5.28. The number of hydrogen-bond acceptors (Lipinski definition) is 2. The van der Waals surface area contributed by atoms with E-state index < -0.39 is 0 Å². The second-order valence-electron chi connectivity index (χ2n) is 9.49. The highest BCUT2D eigenvalue weighted by molar-refractivity contribution is 5.45. The van der Waals surface area contributed by atoms with Gasteiger partial charge < -0.3 is 10.2 Å². The lowest BCUT2D eigenvalue weighted by molar-refractivity contribution is -0.0925. The molecule has 2 aromatic carbocycles. The summed E-state index contributed by atoms with van der Waals surface area (Å²) in [6, 6.07) is 16.0. The molecule has 2 N–H and O–H groups in total. The molecule has 0 radical (unpaired) electrons. The van der Waals surface area contributed by atoms with Crippen molar-refractivity contribution in [2.45, 2.75) is 62.7 Å². The Bertz CT molecular complexity index is 842. The standard InChI is InChI=1S/C24H28O2/c1-2-22-11-17-12-23(14-22,18-7-9-19(25)10-8-18)16-24(13-17,15-22)20-5-3-4-6-21(20)26/h3-10,17,25-26H,2,11-16H2,1H3. The molecule has 4 unspecified atom stereocenters. The highest BCUT2D eigenvalue weighted by Crippen LogP contribution is 2.71. The molecule has 136 valence electrons. The summed E-state index contributed by atoms with van der Waals surface area (Å²) in [5, 5.41) is 20.5. The number of para-hydroxylation sites is 1. The van der Waals surface area contributed by atoms with Gasteiger partial charge in [0.1, 0.15) is 11.5 Å². The van der Waals surface area contributed by atoms with Crippen molar-refractivity contribution in [3.63, 3.8) is 0 Å². The van der Waals surface area contributed by atoms with Crippen molar-refractivity contribution < 1.29 is 10.2 Å². The fourth-order valence-corrected chi connectivity index (χ4v) is 7.39. The molecule has 2 heteroatoms. The molecule has 2 aromatic rings. The third kappa shape index (κ3) is 2.17. The van der Waals surface area contributed by atoms with Crippen molar-refractivity contribution in [2.75, 3.05) is 0 Å². The van der Waals surface area contributed by atoms with Crippen LogP contribution in [0.4, 0.5) is 0 Å². The van der Waals surface area contributed by atoms with E-state index in [1.54, 1.807) is 0 Å². The maximum Gasteiger partial charge on any atom is 0.119 e. The minimum Gasteiger partial charge on any atom is -0.508 e. The predicted molar refractivity (Wildman–Crippen MR) is 103 cm³/mol. The van der Waals surface area contributed by atoms with Crippen LogP contribution >= 0.6 is 0 Å². The van der Waals surface area contributed by atoms with E-state index in [0.717, 1.165) is 12.3 Å². The highest BCUT2D eigenvalue weighted by atomic mass is 16.3. The topological polar surface area (TPSA) is 40.5 Å². The lowest BCUT2D eigenvalue weighted by Crippen LogP contribution is -2.60. The van der Waals surface area contributed by atoms with Crippen LogP contribution in [0.3, 0.4) is 0 Å². The Morgan fingerprint density at radius 1 is 0.846 bits per heavy atom. The largest absolute Gasteiger partial charge is 0.508 e. The van der Waals surface area contributed by atoms with Gasteiger partial charge in [-0.1, -0.05) is 43.7 Å². The molecule has 0 saturated heterocycles. The van der Waals surface area contributed by atoms with E-state index >= 15 is 0 Å². The van der Waals surface area contributed by atoms with Crippen LogP contribution in [0.5, 0.6) is 11.5 Å². The van der Waals surface area contributed by atoms with Crippen molar-refractivity contribution in [3.05, 3.63) is 59.7 Å². The molecule has 0 aromatic heterocycles. The molecule has 4 aliphatic carbocycles. The number of hydrogen-bond donors (Lipinski definition) is 2. The van der Waals surface area contributed by atoms with Gasteiger partial charge in [-0.3, -0.25) is 0 Å². The first-order valence-corrected chi connectivity index (χ1v) is 10.1. The molecule has 26 heavy (non-hydrogen) atoms. The molecule has 4 saturated carbocycles. The SMILES string of the molecule is CCC12CC3CC(c4ccc(O)cc4)(C1)CC(c1ccccc1O)(C3)C2. The fraction of sp³-hybridized carbons (Fsp3) is 0.500. The summed E-state index contributed by atoms with van der Waals surface area (Å²) in [6.07, 6.45) is 8.64. The fourth-order valence-electron chi connectivity index (χ4n) is 7.39. The van der Waals surface area contributed by atoms with Crippen molar-refractivity contribution in [3.8, 4) is 11.5 Å². The Balaban J connectivity index is 1.67. The zero-order valence-corrected chi connectivity index (χ0v) is 15.5. The summed E-state index contributed by atoms with van der Waals surface area (Å²) in [6.45, 7) is 2.36. The maximum atomic E-state index is 10.7. The van der Waals surface area contributed by atoms with Crippen LogP contribution in [0, 0.1) is 11.3 Å². The number of phenols is 2. The zero-order valence-electron chi connectivity index (χ0n) is 15.5. The third-order valence-electron chi connectivity index (χ3n) is 7.89. The van der Waals surface area contributed by atoms with Gasteiger partial charge in [-0.25, -0.2) is 0 Å². The number of phenolic OH excluding ortho intramolecular Hbond substituents is 2. The van der Waals surface area contributed by atoms with Crippen LogP contribution in [0.1, 0.15) is 63.0 Å². The molecule has 0 spiro atoms. The van der Waals surface area contributed by atoms with Gasteiger partial charge in [-0.15, -0.1) is 0 Å². The minimum atomic E-state index is 0.0959. The third-order valence-corrected chi connectivity index (χ3v) is 7.89. The Morgan fingerprint density at radius 3 is 2.27 bits per heavy atom. The quantitative estimate of drug-likeness (QED) is 0.750. The molecule has 0 heterocycles.